The zero-order valence-corrected chi connectivity index (χ0v) is 15.3. The van der Waals surface area contributed by atoms with Crippen molar-refractivity contribution in [3.8, 4) is 0 Å². The predicted octanol–water partition coefficient (Wildman–Crippen LogP) is 3.11. The SMILES string of the molecule is O=C(c1ccccc1)N1CCCN(C2CCN(c3ccccc3)C2)CC1. The Morgan fingerprint density at radius 1 is 0.808 bits per heavy atom. The Bertz CT molecular complexity index is 719. The molecule has 0 saturated carbocycles. The van der Waals surface area contributed by atoms with Crippen LogP contribution in [0.25, 0.3) is 0 Å². The second-order valence-corrected chi connectivity index (χ2v) is 7.27. The highest BCUT2D eigenvalue weighted by Crippen LogP contribution is 2.23. The van der Waals surface area contributed by atoms with Crippen LogP contribution in [0, 0.1) is 0 Å². The quantitative estimate of drug-likeness (QED) is 0.852. The van der Waals surface area contributed by atoms with E-state index in [1.165, 1.54) is 12.1 Å². The smallest absolute Gasteiger partial charge is 0.253 e. The van der Waals surface area contributed by atoms with Crippen LogP contribution in [0.1, 0.15) is 23.2 Å². The average Bonchev–Trinajstić information content (AvgIpc) is 3.07. The van der Waals surface area contributed by atoms with Crippen molar-refractivity contribution in [3.63, 3.8) is 0 Å². The molecule has 2 aliphatic heterocycles. The third kappa shape index (κ3) is 3.75. The van der Waals surface area contributed by atoms with Crippen molar-refractivity contribution < 1.29 is 4.79 Å². The monoisotopic (exact) mass is 349 g/mol. The average molecular weight is 349 g/mol. The second kappa shape index (κ2) is 7.92. The van der Waals surface area contributed by atoms with Gasteiger partial charge in [-0.1, -0.05) is 36.4 Å². The van der Waals surface area contributed by atoms with Gasteiger partial charge in [-0.3, -0.25) is 9.69 Å². The van der Waals surface area contributed by atoms with E-state index in [9.17, 15) is 4.79 Å². The van der Waals surface area contributed by atoms with Crippen molar-refractivity contribution in [1.29, 1.82) is 0 Å². The number of anilines is 1. The summed E-state index contributed by atoms with van der Waals surface area (Å²) >= 11 is 0. The molecule has 4 nitrogen and oxygen atoms in total. The number of amides is 1. The van der Waals surface area contributed by atoms with Crippen LogP contribution in [0.3, 0.4) is 0 Å². The van der Waals surface area contributed by atoms with Gasteiger partial charge in [0.1, 0.15) is 0 Å². The lowest BCUT2D eigenvalue weighted by molar-refractivity contribution is 0.0759. The number of benzene rings is 2. The summed E-state index contributed by atoms with van der Waals surface area (Å²) in [5.74, 6) is 0.171. The summed E-state index contributed by atoms with van der Waals surface area (Å²) in [6, 6.07) is 21.0. The molecule has 1 atom stereocenters. The molecule has 4 heteroatoms. The van der Waals surface area contributed by atoms with Crippen LogP contribution in [0.5, 0.6) is 0 Å². The van der Waals surface area contributed by atoms with Gasteiger partial charge in [0.05, 0.1) is 0 Å². The first-order valence-corrected chi connectivity index (χ1v) is 9.69. The maximum Gasteiger partial charge on any atom is 0.253 e. The summed E-state index contributed by atoms with van der Waals surface area (Å²) in [5.41, 5.74) is 2.13. The lowest BCUT2D eigenvalue weighted by Gasteiger charge is -2.28. The molecule has 1 unspecified atom stereocenters. The van der Waals surface area contributed by atoms with E-state index in [4.69, 9.17) is 0 Å². The second-order valence-electron chi connectivity index (χ2n) is 7.27. The molecule has 2 heterocycles. The van der Waals surface area contributed by atoms with Crippen molar-refractivity contribution in [2.75, 3.05) is 44.2 Å². The molecule has 4 rings (SSSR count). The van der Waals surface area contributed by atoms with E-state index in [0.717, 1.165) is 51.3 Å². The van der Waals surface area contributed by atoms with Crippen LogP contribution in [-0.4, -0.2) is 61.0 Å². The first kappa shape index (κ1) is 17.1. The highest BCUT2D eigenvalue weighted by molar-refractivity contribution is 5.94. The fourth-order valence-electron chi connectivity index (χ4n) is 4.18. The molecule has 2 aromatic carbocycles. The van der Waals surface area contributed by atoms with Gasteiger partial charge < -0.3 is 9.80 Å². The van der Waals surface area contributed by atoms with Crippen molar-refractivity contribution in [1.82, 2.24) is 9.80 Å². The third-order valence-corrected chi connectivity index (χ3v) is 5.64. The number of carbonyl (C=O) groups is 1. The summed E-state index contributed by atoms with van der Waals surface area (Å²) < 4.78 is 0. The first-order chi connectivity index (χ1) is 12.8. The molecule has 136 valence electrons. The molecule has 2 aliphatic rings. The number of nitrogens with zero attached hydrogens (tertiary/aromatic N) is 3. The topological polar surface area (TPSA) is 26.8 Å². The van der Waals surface area contributed by atoms with E-state index in [0.29, 0.717) is 6.04 Å². The van der Waals surface area contributed by atoms with E-state index in [1.807, 2.05) is 35.2 Å². The zero-order chi connectivity index (χ0) is 17.8. The van der Waals surface area contributed by atoms with Crippen LogP contribution in [0.4, 0.5) is 5.69 Å². The fourth-order valence-corrected chi connectivity index (χ4v) is 4.18. The van der Waals surface area contributed by atoms with Crippen molar-refractivity contribution in [2.24, 2.45) is 0 Å². The molecule has 0 radical (unpaired) electrons. The van der Waals surface area contributed by atoms with Crippen LogP contribution in [0.15, 0.2) is 60.7 Å². The minimum absolute atomic E-state index is 0.171. The largest absolute Gasteiger partial charge is 0.370 e. The summed E-state index contributed by atoms with van der Waals surface area (Å²) in [4.78, 5) is 19.8. The van der Waals surface area contributed by atoms with Gasteiger partial charge in [-0.15, -0.1) is 0 Å². The third-order valence-electron chi connectivity index (χ3n) is 5.64. The minimum atomic E-state index is 0.171. The van der Waals surface area contributed by atoms with Gasteiger partial charge in [0.15, 0.2) is 0 Å². The summed E-state index contributed by atoms with van der Waals surface area (Å²) in [6.45, 7) is 5.97. The van der Waals surface area contributed by atoms with Gasteiger partial charge in [-0.25, -0.2) is 0 Å². The van der Waals surface area contributed by atoms with E-state index < -0.39 is 0 Å². The molecular formula is C22H27N3O. The molecule has 0 N–H and O–H groups in total. The number of hydrogen-bond acceptors (Lipinski definition) is 3. The highest BCUT2D eigenvalue weighted by atomic mass is 16.2. The van der Waals surface area contributed by atoms with Crippen LogP contribution >= 0.6 is 0 Å². The van der Waals surface area contributed by atoms with E-state index in [2.05, 4.69) is 40.1 Å². The molecule has 2 saturated heterocycles. The van der Waals surface area contributed by atoms with E-state index >= 15 is 0 Å². The molecule has 0 aromatic heterocycles. The number of hydrogen-bond donors (Lipinski definition) is 0. The van der Waals surface area contributed by atoms with Gasteiger partial charge in [0.2, 0.25) is 0 Å². The maximum atomic E-state index is 12.7. The van der Waals surface area contributed by atoms with Crippen molar-refractivity contribution in [3.05, 3.63) is 66.2 Å². The number of rotatable bonds is 3. The molecule has 2 aromatic rings. The number of carbonyl (C=O) groups excluding carboxylic acids is 1. The molecule has 26 heavy (non-hydrogen) atoms. The van der Waals surface area contributed by atoms with Gasteiger partial charge in [0.25, 0.3) is 5.91 Å². The summed E-state index contributed by atoms with van der Waals surface area (Å²) in [5, 5.41) is 0. The zero-order valence-electron chi connectivity index (χ0n) is 15.3. The Morgan fingerprint density at radius 3 is 2.31 bits per heavy atom. The lowest BCUT2D eigenvalue weighted by atomic mass is 10.2. The highest BCUT2D eigenvalue weighted by Gasteiger charge is 2.30. The molecule has 0 bridgehead atoms. The van der Waals surface area contributed by atoms with Crippen LogP contribution in [-0.2, 0) is 0 Å². The summed E-state index contributed by atoms with van der Waals surface area (Å²) in [7, 11) is 0. The Kier molecular flexibility index (Phi) is 5.21. The maximum absolute atomic E-state index is 12.7. The fraction of sp³-hybridized carbons (Fsp3) is 0.409. The molecular weight excluding hydrogens is 322 g/mol. The first-order valence-electron chi connectivity index (χ1n) is 9.69. The van der Waals surface area contributed by atoms with Gasteiger partial charge in [-0.2, -0.15) is 0 Å². The van der Waals surface area contributed by atoms with E-state index in [1.54, 1.807) is 0 Å². The molecule has 0 aliphatic carbocycles. The van der Waals surface area contributed by atoms with Crippen molar-refractivity contribution in [2.45, 2.75) is 18.9 Å². The normalized spacial score (nSPS) is 21.6. The van der Waals surface area contributed by atoms with Crippen LogP contribution < -0.4 is 4.90 Å². The molecule has 1 amide bonds. The molecule has 0 spiro atoms. The van der Waals surface area contributed by atoms with Crippen molar-refractivity contribution >= 4 is 11.6 Å². The Balaban J connectivity index is 1.35. The lowest BCUT2D eigenvalue weighted by Crippen LogP contribution is -2.41. The molecule has 2 fully saturated rings. The Hall–Kier alpha value is -2.33. The van der Waals surface area contributed by atoms with Gasteiger partial charge in [-0.05, 0) is 37.1 Å². The minimum Gasteiger partial charge on any atom is -0.370 e. The van der Waals surface area contributed by atoms with Crippen LogP contribution in [0.2, 0.25) is 0 Å². The van der Waals surface area contributed by atoms with E-state index in [-0.39, 0.29) is 5.91 Å². The van der Waals surface area contributed by atoms with Gasteiger partial charge in [0, 0.05) is 56.6 Å². The standard InChI is InChI=1S/C22H27N3O/c26-22(19-8-3-1-4-9-19)24-14-7-13-23(16-17-24)21-12-15-25(18-21)20-10-5-2-6-11-20/h1-6,8-11,21H,7,12-18H2. The summed E-state index contributed by atoms with van der Waals surface area (Å²) in [6.07, 6.45) is 2.27. The number of para-hydroxylation sites is 1. The Labute approximate surface area is 156 Å². The van der Waals surface area contributed by atoms with Gasteiger partial charge >= 0.3 is 0 Å². The Morgan fingerprint density at radius 2 is 1.54 bits per heavy atom. The predicted molar refractivity (Wildman–Crippen MR) is 106 cm³/mol.